The number of carbonyl (C=O) groups is 4. The van der Waals surface area contributed by atoms with Crippen LogP contribution in [-0.2, 0) is 23.7 Å². The van der Waals surface area contributed by atoms with Gasteiger partial charge in [-0.3, -0.25) is 4.79 Å². The van der Waals surface area contributed by atoms with Crippen LogP contribution in [0.2, 0.25) is 0 Å². The second kappa shape index (κ2) is 20.4. The van der Waals surface area contributed by atoms with Crippen molar-refractivity contribution in [3.63, 3.8) is 0 Å². The van der Waals surface area contributed by atoms with Crippen LogP contribution in [0.1, 0.15) is 97.5 Å². The lowest BCUT2D eigenvalue weighted by Gasteiger charge is -2.28. The molecule has 42 heavy (non-hydrogen) atoms. The number of aliphatic carboxylic acids is 1. The van der Waals surface area contributed by atoms with Gasteiger partial charge in [-0.1, -0.05) is 65.9 Å². The van der Waals surface area contributed by atoms with Gasteiger partial charge in [0, 0.05) is 5.92 Å². The summed E-state index contributed by atoms with van der Waals surface area (Å²) in [6.07, 6.45) is 3.20. The first-order chi connectivity index (χ1) is 20.0. The molecule has 0 saturated heterocycles. The lowest BCUT2D eigenvalue weighted by atomic mass is 9.82. The zero-order valence-corrected chi connectivity index (χ0v) is 25.4. The number of unbranched alkanes of at least 4 members (excludes halogenated alkanes) is 4. The van der Waals surface area contributed by atoms with E-state index in [1.54, 1.807) is 13.8 Å². The molecule has 3 unspecified atom stereocenters. The highest BCUT2D eigenvalue weighted by atomic mass is 16.7. The molecule has 4 atom stereocenters. The van der Waals surface area contributed by atoms with Crippen LogP contribution < -0.4 is 15.2 Å². The topological polar surface area (TPSA) is 170 Å². The largest absolute Gasteiger partial charge is 0.513 e. The van der Waals surface area contributed by atoms with Gasteiger partial charge in [0.05, 0.1) is 19.8 Å². The molecule has 0 saturated carbocycles. The van der Waals surface area contributed by atoms with Gasteiger partial charge in [0.15, 0.2) is 11.5 Å². The number of carboxylic acids is 1. The first-order valence-corrected chi connectivity index (χ1v) is 14.7. The molecule has 1 aromatic rings. The third kappa shape index (κ3) is 13.9. The van der Waals surface area contributed by atoms with Crippen molar-refractivity contribution in [1.82, 2.24) is 0 Å². The van der Waals surface area contributed by atoms with Gasteiger partial charge in [-0.15, -0.1) is 0 Å². The molecule has 1 rings (SSSR count). The Bertz CT molecular complexity index is 984. The van der Waals surface area contributed by atoms with Crippen LogP contribution in [0.4, 0.5) is 14.4 Å². The van der Waals surface area contributed by atoms with Crippen LogP contribution in [0.5, 0.6) is 11.5 Å². The van der Waals surface area contributed by atoms with Crippen molar-refractivity contribution in [2.24, 2.45) is 11.7 Å². The van der Waals surface area contributed by atoms with Gasteiger partial charge in [0.1, 0.15) is 12.1 Å². The van der Waals surface area contributed by atoms with Crippen LogP contribution in [0.3, 0.4) is 0 Å². The summed E-state index contributed by atoms with van der Waals surface area (Å²) in [4.78, 5) is 48.7. The molecular weight excluding hydrogens is 550 g/mol. The Morgan fingerprint density at radius 3 is 1.88 bits per heavy atom. The van der Waals surface area contributed by atoms with Crippen molar-refractivity contribution in [3.05, 3.63) is 23.8 Å². The Morgan fingerprint density at radius 1 is 0.786 bits per heavy atom. The number of ether oxygens (including phenoxy) is 6. The van der Waals surface area contributed by atoms with Gasteiger partial charge in [0.25, 0.3) is 0 Å². The third-order valence-corrected chi connectivity index (χ3v) is 6.42. The van der Waals surface area contributed by atoms with Gasteiger partial charge in [-0.25, -0.2) is 14.4 Å². The average molecular weight is 598 g/mol. The Balaban J connectivity index is 3.21. The van der Waals surface area contributed by atoms with E-state index in [1.807, 2.05) is 20.8 Å². The van der Waals surface area contributed by atoms with Crippen molar-refractivity contribution >= 4 is 24.4 Å². The molecule has 0 aliphatic rings. The molecule has 3 N–H and O–H groups in total. The molecule has 238 valence electrons. The van der Waals surface area contributed by atoms with Crippen LogP contribution >= 0.6 is 0 Å². The minimum atomic E-state index is -1.41. The van der Waals surface area contributed by atoms with Crippen LogP contribution in [-0.4, -0.2) is 61.5 Å². The Morgan fingerprint density at radius 2 is 1.36 bits per heavy atom. The fourth-order valence-electron chi connectivity index (χ4n) is 4.16. The Labute approximate surface area is 248 Å². The van der Waals surface area contributed by atoms with E-state index in [2.05, 4.69) is 0 Å². The standard InChI is InChI=1S/C30H47NO11/c1-6-9-11-16-37-28(34)41-23-15-14-22(18-24(23)42-29(35)38-17-12-10-7-2)25(26(31)27(32)33)20(4)19-39-30(36)40-21(5)13-8-3/h14-15,18,20-21,25-26H,6-13,16-17,19,31H2,1-5H3,(H,32,33)/t20?,21?,25?,26-/m0/s1. The minimum absolute atomic E-state index is 0.134. The van der Waals surface area contributed by atoms with Crippen molar-refractivity contribution in [2.75, 3.05) is 19.8 Å². The van der Waals surface area contributed by atoms with Crippen molar-refractivity contribution < 1.29 is 52.7 Å². The van der Waals surface area contributed by atoms with E-state index in [0.717, 1.165) is 32.1 Å². The number of rotatable bonds is 19. The van der Waals surface area contributed by atoms with E-state index in [0.29, 0.717) is 24.8 Å². The predicted molar refractivity (Wildman–Crippen MR) is 154 cm³/mol. The maximum atomic E-state index is 12.4. The number of nitrogens with two attached hydrogens (primary N) is 1. The smallest absolute Gasteiger partial charge is 0.480 e. The number of hydrogen-bond acceptors (Lipinski definition) is 11. The monoisotopic (exact) mass is 597 g/mol. The van der Waals surface area contributed by atoms with E-state index < -0.39 is 42.3 Å². The highest BCUT2D eigenvalue weighted by Crippen LogP contribution is 2.36. The average Bonchev–Trinajstić information content (AvgIpc) is 2.93. The normalized spacial score (nSPS) is 13.7. The summed E-state index contributed by atoms with van der Waals surface area (Å²) in [7, 11) is 0. The molecule has 12 nitrogen and oxygen atoms in total. The second-order valence-electron chi connectivity index (χ2n) is 10.2. The van der Waals surface area contributed by atoms with Crippen LogP contribution in [0.25, 0.3) is 0 Å². The van der Waals surface area contributed by atoms with E-state index in [-0.39, 0.29) is 37.4 Å². The number of hydrogen-bond donors (Lipinski definition) is 2. The Kier molecular flexibility index (Phi) is 17.7. The Hall–Kier alpha value is -3.54. The lowest BCUT2D eigenvalue weighted by Crippen LogP contribution is -2.40. The van der Waals surface area contributed by atoms with Gasteiger partial charge in [-0.2, -0.15) is 0 Å². The maximum absolute atomic E-state index is 12.4. The van der Waals surface area contributed by atoms with Crippen molar-refractivity contribution in [3.8, 4) is 11.5 Å². The van der Waals surface area contributed by atoms with E-state index in [1.165, 1.54) is 18.2 Å². The van der Waals surface area contributed by atoms with E-state index in [4.69, 9.17) is 34.2 Å². The number of benzene rings is 1. The quantitative estimate of drug-likeness (QED) is 0.0762. The van der Waals surface area contributed by atoms with Crippen LogP contribution in [0.15, 0.2) is 18.2 Å². The SMILES string of the molecule is CCCCCOC(=O)Oc1ccc(C(C(C)COC(=O)OC(C)CCC)[C@H](N)C(=O)O)cc1OC(=O)OCCCCC. The fraction of sp³-hybridized carbons (Fsp3) is 0.667. The molecule has 0 amide bonds. The summed E-state index contributed by atoms with van der Waals surface area (Å²) in [5, 5.41) is 9.72. The molecule has 0 spiro atoms. The minimum Gasteiger partial charge on any atom is -0.480 e. The number of carbonyl (C=O) groups excluding carboxylic acids is 3. The summed E-state index contributed by atoms with van der Waals surface area (Å²) in [5.74, 6) is -3.12. The summed E-state index contributed by atoms with van der Waals surface area (Å²) < 4.78 is 31.3. The first-order valence-electron chi connectivity index (χ1n) is 14.7. The summed E-state index contributed by atoms with van der Waals surface area (Å²) in [6, 6.07) is 2.77. The molecule has 0 bridgehead atoms. The maximum Gasteiger partial charge on any atom is 0.513 e. The zero-order valence-electron chi connectivity index (χ0n) is 25.4. The molecule has 0 aliphatic heterocycles. The van der Waals surface area contributed by atoms with Crippen LogP contribution in [0, 0.1) is 5.92 Å². The van der Waals surface area contributed by atoms with Gasteiger partial charge in [-0.05, 0) is 49.8 Å². The van der Waals surface area contributed by atoms with Gasteiger partial charge in [0.2, 0.25) is 0 Å². The molecule has 0 heterocycles. The van der Waals surface area contributed by atoms with Gasteiger partial charge >= 0.3 is 24.4 Å². The lowest BCUT2D eigenvalue weighted by molar-refractivity contribution is -0.139. The summed E-state index contributed by atoms with van der Waals surface area (Å²) in [6.45, 7) is 9.50. The van der Waals surface area contributed by atoms with Crippen molar-refractivity contribution in [2.45, 2.75) is 104 Å². The van der Waals surface area contributed by atoms with Crippen molar-refractivity contribution in [1.29, 1.82) is 0 Å². The second-order valence-corrected chi connectivity index (χ2v) is 10.2. The first kappa shape index (κ1) is 36.5. The molecule has 0 radical (unpaired) electrons. The molecule has 0 aromatic heterocycles. The van der Waals surface area contributed by atoms with E-state index >= 15 is 0 Å². The molecule has 1 aromatic carbocycles. The molecular formula is C30H47NO11. The predicted octanol–water partition coefficient (Wildman–Crippen LogP) is 6.57. The molecule has 0 fully saturated rings. The summed E-state index contributed by atoms with van der Waals surface area (Å²) >= 11 is 0. The zero-order chi connectivity index (χ0) is 31.5. The number of carboxylic acid groups (broad SMARTS) is 1. The third-order valence-electron chi connectivity index (χ3n) is 6.42. The highest BCUT2D eigenvalue weighted by molar-refractivity contribution is 5.75. The fourth-order valence-corrected chi connectivity index (χ4v) is 4.16. The molecule has 0 aliphatic carbocycles. The molecule has 12 heteroatoms. The summed E-state index contributed by atoms with van der Waals surface area (Å²) in [5.41, 5.74) is 6.39. The van der Waals surface area contributed by atoms with E-state index in [9.17, 15) is 24.3 Å². The highest BCUT2D eigenvalue weighted by Gasteiger charge is 2.33. The van der Waals surface area contributed by atoms with Gasteiger partial charge < -0.3 is 39.3 Å².